The Bertz CT molecular complexity index is 802. The molecule has 0 heterocycles. The fourth-order valence-electron chi connectivity index (χ4n) is 6.14. The van der Waals surface area contributed by atoms with E-state index in [0.717, 1.165) is 37.7 Å². The summed E-state index contributed by atoms with van der Waals surface area (Å²) in [4.78, 5) is 37.8. The highest BCUT2D eigenvalue weighted by Crippen LogP contribution is 2.61. The number of amides is 1. The average molecular weight is 436 g/mol. The lowest BCUT2D eigenvalue weighted by Crippen LogP contribution is -2.62. The van der Waals surface area contributed by atoms with Crippen molar-refractivity contribution in [1.82, 2.24) is 5.32 Å². The normalized spacial score (nSPS) is 32.1. The van der Waals surface area contributed by atoms with Crippen molar-refractivity contribution < 1.29 is 19.1 Å². The molecule has 4 bridgehead atoms. The maximum Gasteiger partial charge on any atom is 0.336 e. The van der Waals surface area contributed by atoms with E-state index in [2.05, 4.69) is 5.32 Å². The Morgan fingerprint density at radius 2 is 1.73 bits per heavy atom. The van der Waals surface area contributed by atoms with E-state index in [9.17, 15) is 14.4 Å². The molecule has 3 atom stereocenters. The molecule has 2 unspecified atom stereocenters. The summed E-state index contributed by atoms with van der Waals surface area (Å²) in [5.41, 5.74) is 11.8. The summed E-state index contributed by atoms with van der Waals surface area (Å²) in [5, 5.41) is 2.59. The second kappa shape index (κ2) is 8.65. The van der Waals surface area contributed by atoms with Crippen LogP contribution >= 0.6 is 12.4 Å². The Kier molecular flexibility index (Phi) is 6.55. The Morgan fingerprint density at radius 1 is 1.10 bits per heavy atom. The summed E-state index contributed by atoms with van der Waals surface area (Å²) in [7, 11) is 0. The molecule has 5 rings (SSSR count). The summed E-state index contributed by atoms with van der Waals surface area (Å²) >= 11 is 0. The molecular formula is C22H30ClN3O4. The van der Waals surface area contributed by atoms with Crippen LogP contribution in [0.2, 0.25) is 0 Å². The lowest BCUT2D eigenvalue weighted by Gasteiger charge is -2.59. The number of nitrogens with one attached hydrogen (secondary N) is 1. The highest BCUT2D eigenvalue weighted by atomic mass is 35.5. The molecule has 30 heavy (non-hydrogen) atoms. The molecule has 0 aliphatic heterocycles. The lowest BCUT2D eigenvalue weighted by molar-refractivity contribution is -0.181. The minimum atomic E-state index is -0.960. The number of carbonyl (C=O) groups is 3. The Hall–Kier alpha value is -1.96. The summed E-state index contributed by atoms with van der Waals surface area (Å²) in [6.07, 6.45) is 5.33. The number of hydrogen-bond acceptors (Lipinski definition) is 6. The van der Waals surface area contributed by atoms with Crippen molar-refractivity contribution in [3.8, 4) is 0 Å². The van der Waals surface area contributed by atoms with E-state index in [4.69, 9.17) is 16.2 Å². The molecule has 8 heteroatoms. The van der Waals surface area contributed by atoms with Gasteiger partial charge in [0.25, 0.3) is 0 Å². The van der Waals surface area contributed by atoms with Gasteiger partial charge in [-0.15, -0.1) is 12.4 Å². The van der Waals surface area contributed by atoms with Crippen LogP contribution in [0, 0.1) is 17.3 Å². The van der Waals surface area contributed by atoms with Gasteiger partial charge in [-0.3, -0.25) is 9.59 Å². The maximum atomic E-state index is 13.1. The van der Waals surface area contributed by atoms with E-state index in [1.54, 1.807) is 0 Å². The number of nitrogens with two attached hydrogens (primary N) is 2. The lowest BCUT2D eigenvalue weighted by atomic mass is 9.47. The van der Waals surface area contributed by atoms with E-state index in [0.29, 0.717) is 18.3 Å². The molecule has 0 aromatic heterocycles. The van der Waals surface area contributed by atoms with Gasteiger partial charge < -0.3 is 21.5 Å². The number of rotatable bonds is 6. The van der Waals surface area contributed by atoms with E-state index in [1.807, 2.05) is 30.3 Å². The predicted molar refractivity (Wildman–Crippen MR) is 114 cm³/mol. The molecule has 5 N–H and O–H groups in total. The van der Waals surface area contributed by atoms with Gasteiger partial charge in [0.15, 0.2) is 0 Å². The van der Waals surface area contributed by atoms with Crippen LogP contribution in [0.25, 0.3) is 0 Å². The van der Waals surface area contributed by atoms with Crippen LogP contribution in [0.3, 0.4) is 0 Å². The first kappa shape index (κ1) is 22.7. The van der Waals surface area contributed by atoms with Crippen molar-refractivity contribution in [3.63, 3.8) is 0 Å². The largest absolute Gasteiger partial charge is 0.391 e. The molecule has 0 saturated heterocycles. The molecule has 1 aromatic rings. The summed E-state index contributed by atoms with van der Waals surface area (Å²) < 4.78 is 5.37. The zero-order valence-corrected chi connectivity index (χ0v) is 17.8. The molecule has 0 radical (unpaired) electrons. The first-order valence-corrected chi connectivity index (χ1v) is 10.4. The summed E-state index contributed by atoms with van der Waals surface area (Å²) in [6, 6.07) is 8.32. The van der Waals surface area contributed by atoms with Crippen molar-refractivity contribution in [2.24, 2.45) is 28.7 Å². The first-order valence-electron chi connectivity index (χ1n) is 10.4. The molecule has 1 amide bonds. The van der Waals surface area contributed by atoms with Crippen LogP contribution in [0.1, 0.15) is 44.1 Å². The molecule has 1 aromatic carbocycles. The van der Waals surface area contributed by atoms with Crippen molar-refractivity contribution >= 4 is 30.3 Å². The Morgan fingerprint density at radius 3 is 2.30 bits per heavy atom. The van der Waals surface area contributed by atoms with Gasteiger partial charge in [-0.25, -0.2) is 4.79 Å². The van der Waals surface area contributed by atoms with Gasteiger partial charge in [-0.1, -0.05) is 30.3 Å². The third-order valence-corrected chi connectivity index (χ3v) is 6.82. The highest BCUT2D eigenvalue weighted by molar-refractivity contribution is 5.94. The number of carbonyl (C=O) groups excluding carboxylic acids is 3. The summed E-state index contributed by atoms with van der Waals surface area (Å²) in [6.45, 7) is -0.241. The van der Waals surface area contributed by atoms with Crippen LogP contribution in [0.15, 0.2) is 30.3 Å². The molecule has 4 fully saturated rings. The number of ether oxygens (including phenoxy) is 1. The van der Waals surface area contributed by atoms with Crippen LogP contribution in [-0.4, -0.2) is 36.0 Å². The quantitative estimate of drug-likeness (QED) is 0.459. The minimum Gasteiger partial charge on any atom is -0.391 e. The Labute approximate surface area is 182 Å². The Balaban J connectivity index is 0.00000256. The van der Waals surface area contributed by atoms with Crippen LogP contribution in [-0.2, 0) is 25.5 Å². The van der Waals surface area contributed by atoms with Crippen LogP contribution < -0.4 is 16.8 Å². The zero-order valence-electron chi connectivity index (χ0n) is 17.0. The van der Waals surface area contributed by atoms with Gasteiger partial charge in [-0.2, -0.15) is 0 Å². The second-order valence-electron chi connectivity index (χ2n) is 9.33. The number of hydrogen-bond donors (Lipinski definition) is 3. The van der Waals surface area contributed by atoms with Gasteiger partial charge in [0.05, 0.1) is 12.0 Å². The SMILES string of the molecule is Cl.NCC(=O)N[C@@H](Cc1ccccc1)C(=O)OC(=O)C12CC3CC(CC(N)(C3)C1)C2. The smallest absolute Gasteiger partial charge is 0.336 e. The third-order valence-electron chi connectivity index (χ3n) is 6.82. The summed E-state index contributed by atoms with van der Waals surface area (Å²) in [5.74, 6) is -0.818. The van der Waals surface area contributed by atoms with E-state index >= 15 is 0 Å². The van der Waals surface area contributed by atoms with E-state index < -0.39 is 29.3 Å². The van der Waals surface area contributed by atoms with Crippen molar-refractivity contribution in [3.05, 3.63) is 35.9 Å². The minimum absolute atomic E-state index is 0. The average Bonchev–Trinajstić information content (AvgIpc) is 2.66. The van der Waals surface area contributed by atoms with E-state index in [-0.39, 0.29) is 30.9 Å². The molecule has 4 saturated carbocycles. The maximum absolute atomic E-state index is 13.1. The topological polar surface area (TPSA) is 125 Å². The van der Waals surface area contributed by atoms with Crippen molar-refractivity contribution in [2.45, 2.75) is 56.5 Å². The second-order valence-corrected chi connectivity index (χ2v) is 9.33. The van der Waals surface area contributed by atoms with Gasteiger partial charge in [0, 0.05) is 12.0 Å². The van der Waals surface area contributed by atoms with Gasteiger partial charge in [-0.05, 0) is 55.9 Å². The van der Waals surface area contributed by atoms with Gasteiger partial charge in [0.1, 0.15) is 6.04 Å². The fourth-order valence-corrected chi connectivity index (χ4v) is 6.14. The third kappa shape index (κ3) is 4.53. The first-order chi connectivity index (χ1) is 13.8. The van der Waals surface area contributed by atoms with Crippen molar-refractivity contribution in [1.29, 1.82) is 0 Å². The predicted octanol–water partition coefficient (Wildman–Crippen LogP) is 1.46. The zero-order chi connectivity index (χ0) is 20.6. The van der Waals surface area contributed by atoms with Crippen LogP contribution in [0.5, 0.6) is 0 Å². The van der Waals surface area contributed by atoms with Crippen molar-refractivity contribution in [2.75, 3.05) is 6.54 Å². The standard InChI is InChI=1S/C22H29N3O4.ClH/c23-12-18(26)25-17(7-14-4-2-1-3-5-14)19(27)29-20(28)21-8-15-6-16(9-21)11-22(24,10-15)13-21;/h1-5,15-17H,6-13,23-24H2,(H,25,26);1H/t15?,16?,17-,21?,22?;/m0./s1. The fraction of sp³-hybridized carbons (Fsp3) is 0.591. The number of benzene rings is 1. The molecule has 4 aliphatic rings. The monoisotopic (exact) mass is 435 g/mol. The van der Waals surface area contributed by atoms with E-state index in [1.165, 1.54) is 0 Å². The number of esters is 2. The molecule has 164 valence electrons. The highest BCUT2D eigenvalue weighted by Gasteiger charge is 2.60. The van der Waals surface area contributed by atoms with Gasteiger partial charge in [0.2, 0.25) is 5.91 Å². The van der Waals surface area contributed by atoms with Crippen LogP contribution in [0.4, 0.5) is 0 Å². The molecule has 7 nitrogen and oxygen atoms in total. The molecular weight excluding hydrogens is 406 g/mol. The molecule has 0 spiro atoms. The van der Waals surface area contributed by atoms with Gasteiger partial charge >= 0.3 is 11.9 Å². The number of halogens is 1. The molecule has 4 aliphatic carbocycles.